The highest BCUT2D eigenvalue weighted by Crippen LogP contribution is 2.17. The highest BCUT2D eigenvalue weighted by Gasteiger charge is 2.01. The normalized spacial score (nSPS) is 10.1. The van der Waals surface area contributed by atoms with Crippen LogP contribution in [0.5, 0.6) is 0 Å². The molecule has 0 spiro atoms. The molecule has 0 aliphatic heterocycles. The van der Waals surface area contributed by atoms with Crippen LogP contribution in [0.15, 0.2) is 42.6 Å². The van der Waals surface area contributed by atoms with Crippen molar-refractivity contribution in [3.63, 3.8) is 0 Å². The van der Waals surface area contributed by atoms with Crippen molar-refractivity contribution in [1.82, 2.24) is 4.98 Å². The Kier molecular flexibility index (Phi) is 3.00. The molecule has 0 unspecified atom stereocenters. The van der Waals surface area contributed by atoms with Crippen LogP contribution in [0.4, 0.5) is 15.8 Å². The number of anilines is 2. The summed E-state index contributed by atoms with van der Waals surface area (Å²) in [5.74, 6) is -0.351. The molecule has 0 radical (unpaired) electrons. The Bertz CT molecular complexity index is 471. The third-order valence-electron chi connectivity index (χ3n) is 2.18. The van der Waals surface area contributed by atoms with Gasteiger partial charge in [0, 0.05) is 11.9 Å². The lowest BCUT2D eigenvalue weighted by Crippen LogP contribution is -2.03. The van der Waals surface area contributed by atoms with Crippen LogP contribution in [0.2, 0.25) is 0 Å². The largest absolute Gasteiger partial charge is 0.399 e. The summed E-state index contributed by atoms with van der Waals surface area (Å²) in [5, 5.41) is 2.96. The Morgan fingerprint density at radius 1 is 1.25 bits per heavy atom. The molecular formula is C12H12FN3. The summed E-state index contributed by atoms with van der Waals surface area (Å²) < 4.78 is 13.4. The second-order valence-electron chi connectivity index (χ2n) is 3.41. The summed E-state index contributed by atoms with van der Waals surface area (Å²) in [4.78, 5) is 4.13. The molecule has 0 bridgehead atoms. The van der Waals surface area contributed by atoms with Crippen molar-refractivity contribution in [2.75, 3.05) is 11.1 Å². The zero-order valence-corrected chi connectivity index (χ0v) is 8.65. The van der Waals surface area contributed by atoms with Crippen LogP contribution < -0.4 is 11.1 Å². The average molecular weight is 217 g/mol. The molecule has 1 heterocycles. The van der Waals surface area contributed by atoms with Crippen molar-refractivity contribution in [1.29, 1.82) is 0 Å². The topological polar surface area (TPSA) is 50.9 Å². The summed E-state index contributed by atoms with van der Waals surface area (Å²) in [7, 11) is 0. The molecular weight excluding hydrogens is 205 g/mol. The van der Waals surface area contributed by atoms with Crippen LogP contribution in [0.3, 0.4) is 0 Å². The van der Waals surface area contributed by atoms with E-state index in [9.17, 15) is 4.39 Å². The van der Waals surface area contributed by atoms with Gasteiger partial charge in [-0.05, 0) is 30.3 Å². The number of nitrogens with zero attached hydrogens (tertiary/aromatic N) is 1. The Labute approximate surface area is 93.1 Å². The molecule has 3 N–H and O–H groups in total. The highest BCUT2D eigenvalue weighted by molar-refractivity contribution is 5.52. The predicted molar refractivity (Wildman–Crippen MR) is 62.4 cm³/mol. The van der Waals surface area contributed by atoms with Crippen molar-refractivity contribution in [3.05, 3.63) is 54.1 Å². The lowest BCUT2D eigenvalue weighted by Gasteiger charge is -2.07. The Balaban J connectivity index is 2.05. The van der Waals surface area contributed by atoms with Gasteiger partial charge in [0.1, 0.15) is 5.82 Å². The molecule has 0 atom stereocenters. The molecule has 16 heavy (non-hydrogen) atoms. The molecule has 1 aromatic carbocycles. The lowest BCUT2D eigenvalue weighted by molar-refractivity contribution is 0.630. The number of aromatic nitrogens is 1. The number of benzene rings is 1. The van der Waals surface area contributed by atoms with Crippen molar-refractivity contribution < 1.29 is 4.39 Å². The van der Waals surface area contributed by atoms with Crippen molar-refractivity contribution >= 4 is 11.4 Å². The first-order chi connectivity index (χ1) is 7.75. The number of nitrogen functional groups attached to an aromatic ring is 1. The van der Waals surface area contributed by atoms with Crippen molar-refractivity contribution in [2.45, 2.75) is 6.54 Å². The predicted octanol–water partition coefficient (Wildman–Crippen LogP) is 2.42. The van der Waals surface area contributed by atoms with Gasteiger partial charge in [0.2, 0.25) is 0 Å². The smallest absolute Gasteiger partial charge is 0.148 e. The van der Waals surface area contributed by atoms with Gasteiger partial charge in [-0.3, -0.25) is 4.98 Å². The third kappa shape index (κ3) is 2.48. The minimum atomic E-state index is -0.351. The van der Waals surface area contributed by atoms with E-state index in [-0.39, 0.29) is 5.82 Å². The fourth-order valence-corrected chi connectivity index (χ4v) is 1.36. The number of nitrogens with two attached hydrogens (primary N) is 1. The monoisotopic (exact) mass is 217 g/mol. The van der Waals surface area contributed by atoms with Crippen molar-refractivity contribution in [2.24, 2.45) is 0 Å². The minimum absolute atomic E-state index is 0.351. The van der Waals surface area contributed by atoms with Crippen molar-refractivity contribution in [3.8, 4) is 0 Å². The highest BCUT2D eigenvalue weighted by atomic mass is 19.1. The molecule has 0 aliphatic carbocycles. The first kappa shape index (κ1) is 10.4. The number of hydrogen-bond acceptors (Lipinski definition) is 3. The van der Waals surface area contributed by atoms with Gasteiger partial charge in [0.15, 0.2) is 0 Å². The fourth-order valence-electron chi connectivity index (χ4n) is 1.36. The molecule has 3 nitrogen and oxygen atoms in total. The van der Waals surface area contributed by atoms with Gasteiger partial charge in [-0.25, -0.2) is 4.39 Å². The molecule has 0 aliphatic rings. The van der Waals surface area contributed by atoms with Gasteiger partial charge in [0.05, 0.1) is 17.9 Å². The average Bonchev–Trinajstić information content (AvgIpc) is 2.29. The summed E-state index contributed by atoms with van der Waals surface area (Å²) in [6, 6.07) is 10.2. The Morgan fingerprint density at radius 2 is 2.12 bits per heavy atom. The van der Waals surface area contributed by atoms with Gasteiger partial charge in [-0.15, -0.1) is 0 Å². The minimum Gasteiger partial charge on any atom is -0.399 e. The fraction of sp³-hybridized carbons (Fsp3) is 0.0833. The molecule has 1 aromatic heterocycles. The van der Waals surface area contributed by atoms with Crippen LogP contribution >= 0.6 is 0 Å². The molecule has 82 valence electrons. The molecule has 2 rings (SSSR count). The van der Waals surface area contributed by atoms with Gasteiger partial charge in [0.25, 0.3) is 0 Å². The number of halogens is 1. The van der Waals surface area contributed by atoms with Gasteiger partial charge >= 0.3 is 0 Å². The summed E-state index contributed by atoms with van der Waals surface area (Å²) >= 11 is 0. The maximum atomic E-state index is 13.4. The molecule has 4 heteroatoms. The van der Waals surface area contributed by atoms with Gasteiger partial charge in [-0.2, -0.15) is 0 Å². The molecule has 0 amide bonds. The molecule has 2 aromatic rings. The second-order valence-corrected chi connectivity index (χ2v) is 3.41. The third-order valence-corrected chi connectivity index (χ3v) is 2.18. The summed E-state index contributed by atoms with van der Waals surface area (Å²) in [6.07, 6.45) is 1.70. The summed E-state index contributed by atoms with van der Waals surface area (Å²) in [6.45, 7) is 0.488. The quantitative estimate of drug-likeness (QED) is 0.776. The summed E-state index contributed by atoms with van der Waals surface area (Å²) in [5.41, 5.74) is 7.16. The van der Waals surface area contributed by atoms with E-state index in [0.29, 0.717) is 17.9 Å². The van der Waals surface area contributed by atoms with Crippen LogP contribution in [0.25, 0.3) is 0 Å². The van der Waals surface area contributed by atoms with E-state index in [1.807, 2.05) is 18.2 Å². The van der Waals surface area contributed by atoms with E-state index >= 15 is 0 Å². The molecule has 0 saturated carbocycles. The van der Waals surface area contributed by atoms with E-state index in [1.165, 1.54) is 6.07 Å². The number of pyridine rings is 1. The van der Waals surface area contributed by atoms with Crippen LogP contribution in [-0.2, 0) is 6.54 Å². The van der Waals surface area contributed by atoms with Crippen LogP contribution in [-0.4, -0.2) is 4.98 Å². The molecule has 0 fully saturated rings. The van der Waals surface area contributed by atoms with E-state index < -0.39 is 0 Å². The maximum Gasteiger partial charge on any atom is 0.148 e. The van der Waals surface area contributed by atoms with Gasteiger partial charge in [-0.1, -0.05) is 6.07 Å². The maximum absolute atomic E-state index is 13.4. The zero-order valence-electron chi connectivity index (χ0n) is 8.65. The van der Waals surface area contributed by atoms with E-state index in [0.717, 1.165) is 5.69 Å². The van der Waals surface area contributed by atoms with E-state index in [2.05, 4.69) is 10.3 Å². The van der Waals surface area contributed by atoms with Crippen LogP contribution in [0.1, 0.15) is 5.69 Å². The first-order valence-corrected chi connectivity index (χ1v) is 4.94. The number of nitrogens with one attached hydrogen (secondary N) is 1. The first-order valence-electron chi connectivity index (χ1n) is 4.94. The Hall–Kier alpha value is -2.10. The number of hydrogen-bond donors (Lipinski definition) is 2. The van der Waals surface area contributed by atoms with Gasteiger partial charge < -0.3 is 11.1 Å². The zero-order chi connectivity index (χ0) is 11.4. The lowest BCUT2D eigenvalue weighted by atomic mass is 10.2. The van der Waals surface area contributed by atoms with E-state index in [4.69, 9.17) is 5.73 Å². The molecule has 0 saturated heterocycles. The van der Waals surface area contributed by atoms with E-state index in [1.54, 1.807) is 18.3 Å². The number of rotatable bonds is 3. The SMILES string of the molecule is Nc1ccc(NCc2ccccn2)c(F)c1. The standard InChI is InChI=1S/C12H12FN3/c13-11-7-9(14)4-5-12(11)16-8-10-3-1-2-6-15-10/h1-7,16H,8,14H2. The Morgan fingerprint density at radius 3 is 2.81 bits per heavy atom. The van der Waals surface area contributed by atoms with Crippen LogP contribution in [0, 0.1) is 5.82 Å². The second kappa shape index (κ2) is 4.61.